The average molecular weight is 273 g/mol. The minimum atomic E-state index is -0.00132. The van der Waals surface area contributed by atoms with E-state index in [2.05, 4.69) is 15.9 Å². The fourth-order valence-electron chi connectivity index (χ4n) is 1.33. The molecule has 1 aromatic rings. The Labute approximate surface area is 97.1 Å². The summed E-state index contributed by atoms with van der Waals surface area (Å²) in [6, 6.07) is 3.64. The van der Waals surface area contributed by atoms with Crippen molar-refractivity contribution in [1.29, 1.82) is 0 Å². The summed E-state index contributed by atoms with van der Waals surface area (Å²) in [6.07, 6.45) is 2.55. The summed E-state index contributed by atoms with van der Waals surface area (Å²) >= 11 is 3.42. The standard InChI is InChI=1S/C11H13BrO3/c1-14-10-5-7(6-13)4-9(12)11(10)15-8-2-3-8/h4-5,8,13H,2-3,6H2,1H3. The third-order valence-electron chi connectivity index (χ3n) is 2.28. The number of halogens is 1. The lowest BCUT2D eigenvalue weighted by Gasteiger charge is -2.13. The topological polar surface area (TPSA) is 38.7 Å². The highest BCUT2D eigenvalue weighted by molar-refractivity contribution is 9.10. The molecule has 1 N–H and O–H groups in total. The predicted molar refractivity (Wildman–Crippen MR) is 60.3 cm³/mol. The van der Waals surface area contributed by atoms with Gasteiger partial charge < -0.3 is 14.6 Å². The number of ether oxygens (including phenoxy) is 2. The van der Waals surface area contributed by atoms with Gasteiger partial charge in [0.2, 0.25) is 0 Å². The number of aliphatic hydroxyl groups excluding tert-OH is 1. The second kappa shape index (κ2) is 4.41. The van der Waals surface area contributed by atoms with E-state index in [9.17, 15) is 0 Å². The Balaban J connectivity index is 2.32. The molecule has 1 aromatic carbocycles. The summed E-state index contributed by atoms with van der Waals surface area (Å²) in [5, 5.41) is 9.05. The second-order valence-electron chi connectivity index (χ2n) is 3.58. The number of aliphatic hydroxyl groups is 1. The number of benzene rings is 1. The molecule has 0 spiro atoms. The van der Waals surface area contributed by atoms with E-state index in [0.29, 0.717) is 11.9 Å². The third-order valence-corrected chi connectivity index (χ3v) is 2.87. The van der Waals surface area contributed by atoms with Gasteiger partial charge in [-0.3, -0.25) is 0 Å². The van der Waals surface area contributed by atoms with E-state index in [4.69, 9.17) is 14.6 Å². The smallest absolute Gasteiger partial charge is 0.175 e. The van der Waals surface area contributed by atoms with Crippen LogP contribution in [0.4, 0.5) is 0 Å². The molecule has 0 amide bonds. The molecule has 0 aliphatic heterocycles. The van der Waals surface area contributed by atoms with Gasteiger partial charge in [0.15, 0.2) is 11.5 Å². The molecule has 0 atom stereocenters. The fraction of sp³-hybridized carbons (Fsp3) is 0.455. The van der Waals surface area contributed by atoms with Crippen LogP contribution in [0.1, 0.15) is 18.4 Å². The molecule has 0 saturated heterocycles. The lowest BCUT2D eigenvalue weighted by molar-refractivity contribution is 0.272. The van der Waals surface area contributed by atoms with Gasteiger partial charge in [-0.15, -0.1) is 0 Å². The maximum absolute atomic E-state index is 9.05. The summed E-state index contributed by atoms with van der Waals surface area (Å²) in [7, 11) is 1.60. The van der Waals surface area contributed by atoms with Gasteiger partial charge >= 0.3 is 0 Å². The highest BCUT2D eigenvalue weighted by Crippen LogP contribution is 2.40. The van der Waals surface area contributed by atoms with Crippen LogP contribution in [0, 0.1) is 0 Å². The highest BCUT2D eigenvalue weighted by Gasteiger charge is 2.26. The van der Waals surface area contributed by atoms with Crippen molar-refractivity contribution in [3.8, 4) is 11.5 Å². The normalized spacial score (nSPS) is 15.1. The van der Waals surface area contributed by atoms with Crippen LogP contribution in [0.5, 0.6) is 11.5 Å². The first kappa shape index (κ1) is 10.8. The third kappa shape index (κ3) is 2.44. The summed E-state index contributed by atoms with van der Waals surface area (Å²) in [5.41, 5.74) is 0.807. The SMILES string of the molecule is COc1cc(CO)cc(Br)c1OC1CC1. The first-order chi connectivity index (χ1) is 7.24. The van der Waals surface area contributed by atoms with Crippen molar-refractivity contribution in [2.75, 3.05) is 7.11 Å². The van der Waals surface area contributed by atoms with Crippen LogP contribution >= 0.6 is 15.9 Å². The van der Waals surface area contributed by atoms with Crippen molar-refractivity contribution in [3.05, 3.63) is 22.2 Å². The average Bonchev–Trinajstić information content (AvgIpc) is 3.04. The van der Waals surface area contributed by atoms with E-state index < -0.39 is 0 Å². The molecule has 3 nitrogen and oxygen atoms in total. The lowest BCUT2D eigenvalue weighted by atomic mass is 10.2. The molecule has 82 valence electrons. The molecule has 2 rings (SSSR count). The molecule has 0 bridgehead atoms. The molecular formula is C11H13BrO3. The Morgan fingerprint density at radius 1 is 1.47 bits per heavy atom. The molecule has 4 heteroatoms. The van der Waals surface area contributed by atoms with Gasteiger partial charge in [0.1, 0.15) is 0 Å². The molecule has 1 aliphatic carbocycles. The van der Waals surface area contributed by atoms with Crippen molar-refractivity contribution >= 4 is 15.9 Å². The van der Waals surface area contributed by atoms with Crippen molar-refractivity contribution < 1.29 is 14.6 Å². The second-order valence-corrected chi connectivity index (χ2v) is 4.44. The molecular weight excluding hydrogens is 260 g/mol. The summed E-state index contributed by atoms with van der Waals surface area (Å²) in [5.74, 6) is 1.40. The number of hydrogen-bond donors (Lipinski definition) is 1. The molecule has 0 radical (unpaired) electrons. The zero-order valence-electron chi connectivity index (χ0n) is 8.50. The molecule has 0 heterocycles. The van der Waals surface area contributed by atoms with Crippen LogP contribution in [0.25, 0.3) is 0 Å². The van der Waals surface area contributed by atoms with E-state index in [1.807, 2.05) is 6.07 Å². The fourth-order valence-corrected chi connectivity index (χ4v) is 1.91. The van der Waals surface area contributed by atoms with E-state index in [1.54, 1.807) is 13.2 Å². The highest BCUT2D eigenvalue weighted by atomic mass is 79.9. The zero-order chi connectivity index (χ0) is 10.8. The molecule has 0 unspecified atom stereocenters. The molecule has 1 fully saturated rings. The van der Waals surface area contributed by atoms with Gasteiger partial charge in [-0.2, -0.15) is 0 Å². The van der Waals surface area contributed by atoms with Crippen LogP contribution in [0.2, 0.25) is 0 Å². The predicted octanol–water partition coefficient (Wildman–Crippen LogP) is 2.49. The maximum Gasteiger partial charge on any atom is 0.175 e. The Morgan fingerprint density at radius 2 is 2.20 bits per heavy atom. The van der Waals surface area contributed by atoms with Gasteiger partial charge in [0.25, 0.3) is 0 Å². The molecule has 15 heavy (non-hydrogen) atoms. The maximum atomic E-state index is 9.05. The molecule has 1 saturated carbocycles. The van der Waals surface area contributed by atoms with Gasteiger partial charge in [0, 0.05) is 0 Å². The first-order valence-corrected chi connectivity index (χ1v) is 5.68. The van der Waals surface area contributed by atoms with Crippen molar-refractivity contribution in [2.45, 2.75) is 25.6 Å². The minimum Gasteiger partial charge on any atom is -0.493 e. The minimum absolute atomic E-state index is 0.00132. The number of rotatable bonds is 4. The first-order valence-electron chi connectivity index (χ1n) is 4.88. The molecule has 1 aliphatic rings. The lowest BCUT2D eigenvalue weighted by Crippen LogP contribution is -2.00. The summed E-state index contributed by atoms with van der Waals surface area (Å²) < 4.78 is 11.8. The number of methoxy groups -OCH3 is 1. The molecule has 0 aromatic heterocycles. The van der Waals surface area contributed by atoms with E-state index in [1.165, 1.54) is 0 Å². The van der Waals surface area contributed by atoms with Gasteiger partial charge in [0.05, 0.1) is 24.3 Å². The van der Waals surface area contributed by atoms with Crippen LogP contribution in [0.3, 0.4) is 0 Å². The van der Waals surface area contributed by atoms with Crippen molar-refractivity contribution in [2.24, 2.45) is 0 Å². The van der Waals surface area contributed by atoms with Gasteiger partial charge in [-0.05, 0) is 46.5 Å². The largest absolute Gasteiger partial charge is 0.493 e. The van der Waals surface area contributed by atoms with E-state index >= 15 is 0 Å². The Kier molecular flexibility index (Phi) is 3.17. The number of hydrogen-bond acceptors (Lipinski definition) is 3. The van der Waals surface area contributed by atoms with Crippen LogP contribution in [-0.2, 0) is 6.61 Å². The Morgan fingerprint density at radius 3 is 2.73 bits per heavy atom. The van der Waals surface area contributed by atoms with E-state index in [0.717, 1.165) is 28.6 Å². The summed E-state index contributed by atoms with van der Waals surface area (Å²) in [4.78, 5) is 0. The van der Waals surface area contributed by atoms with Crippen LogP contribution < -0.4 is 9.47 Å². The van der Waals surface area contributed by atoms with Crippen LogP contribution in [0.15, 0.2) is 16.6 Å². The Hall–Kier alpha value is -0.740. The van der Waals surface area contributed by atoms with E-state index in [-0.39, 0.29) is 6.61 Å². The summed E-state index contributed by atoms with van der Waals surface area (Å²) in [6.45, 7) is -0.00132. The monoisotopic (exact) mass is 272 g/mol. The quantitative estimate of drug-likeness (QED) is 0.916. The van der Waals surface area contributed by atoms with Crippen molar-refractivity contribution in [1.82, 2.24) is 0 Å². The Bertz CT molecular complexity index is 361. The van der Waals surface area contributed by atoms with Gasteiger partial charge in [-0.25, -0.2) is 0 Å². The van der Waals surface area contributed by atoms with Gasteiger partial charge in [-0.1, -0.05) is 0 Å². The van der Waals surface area contributed by atoms with Crippen LogP contribution in [-0.4, -0.2) is 18.3 Å². The zero-order valence-corrected chi connectivity index (χ0v) is 10.1. The van der Waals surface area contributed by atoms with Crippen molar-refractivity contribution in [3.63, 3.8) is 0 Å².